The molecule has 0 aromatic heterocycles. The van der Waals surface area contributed by atoms with E-state index in [0.29, 0.717) is 32.5 Å². The van der Waals surface area contributed by atoms with E-state index in [1.165, 1.54) is 23.4 Å². The van der Waals surface area contributed by atoms with E-state index in [9.17, 15) is 13.2 Å². The molecule has 1 aromatic carbocycles. The van der Waals surface area contributed by atoms with Crippen LogP contribution in [0.1, 0.15) is 43.2 Å². The summed E-state index contributed by atoms with van der Waals surface area (Å²) in [5.74, 6) is 0.953. The standard InChI is InChI=1S/C19H28N2O4S/c1-26(23,24)21-12-13-25-18-8-6-16(14-17(18)15-21)7-9-19(22)20-10-4-2-3-5-11-20/h6,8,14H,2-5,7,9-13,15H2,1H3. The molecule has 2 heterocycles. The van der Waals surface area contributed by atoms with Crippen LogP contribution in [-0.4, -0.2) is 56.0 Å². The molecule has 0 aliphatic carbocycles. The minimum Gasteiger partial charge on any atom is -0.492 e. The van der Waals surface area contributed by atoms with E-state index in [4.69, 9.17) is 4.74 Å². The number of aryl methyl sites for hydroxylation is 1. The lowest BCUT2D eigenvalue weighted by Crippen LogP contribution is -2.32. The molecule has 0 N–H and O–H groups in total. The van der Waals surface area contributed by atoms with E-state index >= 15 is 0 Å². The summed E-state index contributed by atoms with van der Waals surface area (Å²) in [5.41, 5.74) is 1.92. The first-order chi connectivity index (χ1) is 12.4. The molecule has 6 nitrogen and oxygen atoms in total. The van der Waals surface area contributed by atoms with Crippen LogP contribution in [0.4, 0.5) is 0 Å². The van der Waals surface area contributed by atoms with Crippen molar-refractivity contribution in [2.24, 2.45) is 0 Å². The van der Waals surface area contributed by atoms with Crippen LogP contribution >= 0.6 is 0 Å². The van der Waals surface area contributed by atoms with Gasteiger partial charge in [-0.25, -0.2) is 8.42 Å². The Hall–Kier alpha value is -1.60. The Labute approximate surface area is 156 Å². The molecule has 0 spiro atoms. The van der Waals surface area contributed by atoms with Crippen LogP contribution in [0.15, 0.2) is 18.2 Å². The number of carbonyl (C=O) groups excluding carboxylic acids is 1. The Bertz CT molecular complexity index is 740. The summed E-state index contributed by atoms with van der Waals surface area (Å²) in [6.45, 7) is 2.78. The van der Waals surface area contributed by atoms with Gasteiger partial charge in [-0.05, 0) is 30.9 Å². The van der Waals surface area contributed by atoms with Gasteiger partial charge in [-0.2, -0.15) is 4.31 Å². The molecule has 1 fully saturated rings. The second-order valence-electron chi connectivity index (χ2n) is 7.18. The smallest absolute Gasteiger partial charge is 0.222 e. The number of ether oxygens (including phenoxy) is 1. The van der Waals surface area contributed by atoms with Gasteiger partial charge in [0.1, 0.15) is 12.4 Å². The SMILES string of the molecule is CS(=O)(=O)N1CCOc2ccc(CCC(=O)N3CCCCCC3)cc2C1. The highest BCUT2D eigenvalue weighted by Crippen LogP contribution is 2.26. The van der Waals surface area contributed by atoms with Gasteiger partial charge in [0.05, 0.1) is 6.26 Å². The van der Waals surface area contributed by atoms with Gasteiger partial charge in [0.25, 0.3) is 0 Å². The van der Waals surface area contributed by atoms with E-state index in [2.05, 4.69) is 0 Å². The van der Waals surface area contributed by atoms with Crippen LogP contribution in [0.5, 0.6) is 5.75 Å². The number of fused-ring (bicyclic) bond motifs is 1. The fourth-order valence-corrected chi connectivity index (χ4v) is 4.37. The quantitative estimate of drug-likeness (QED) is 0.803. The van der Waals surface area contributed by atoms with Crippen molar-refractivity contribution in [2.75, 3.05) is 32.5 Å². The van der Waals surface area contributed by atoms with E-state index < -0.39 is 10.0 Å². The summed E-state index contributed by atoms with van der Waals surface area (Å²) in [6, 6.07) is 5.85. The van der Waals surface area contributed by atoms with Crippen LogP contribution in [-0.2, 0) is 27.8 Å². The number of benzene rings is 1. The van der Waals surface area contributed by atoms with Crippen molar-refractivity contribution >= 4 is 15.9 Å². The summed E-state index contributed by atoms with van der Waals surface area (Å²) < 4.78 is 30.9. The molecular weight excluding hydrogens is 352 g/mol. The Kier molecular flexibility index (Phi) is 6.19. The number of sulfonamides is 1. The van der Waals surface area contributed by atoms with Gasteiger partial charge in [-0.3, -0.25) is 4.79 Å². The molecule has 0 radical (unpaired) electrons. The maximum absolute atomic E-state index is 12.5. The van der Waals surface area contributed by atoms with Crippen molar-refractivity contribution in [2.45, 2.75) is 45.1 Å². The average molecular weight is 381 g/mol. The molecule has 144 valence electrons. The second-order valence-corrected chi connectivity index (χ2v) is 9.16. The number of hydrogen-bond donors (Lipinski definition) is 0. The Morgan fingerprint density at radius 3 is 2.54 bits per heavy atom. The molecule has 1 saturated heterocycles. The maximum Gasteiger partial charge on any atom is 0.222 e. The van der Waals surface area contributed by atoms with Crippen molar-refractivity contribution in [3.8, 4) is 5.75 Å². The van der Waals surface area contributed by atoms with E-state index in [1.807, 2.05) is 23.1 Å². The van der Waals surface area contributed by atoms with Crippen LogP contribution < -0.4 is 4.74 Å². The molecular formula is C19H28N2O4S. The van der Waals surface area contributed by atoms with Crippen molar-refractivity contribution in [1.82, 2.24) is 9.21 Å². The van der Waals surface area contributed by atoms with Crippen LogP contribution in [0.3, 0.4) is 0 Å². The first-order valence-electron chi connectivity index (χ1n) is 9.41. The summed E-state index contributed by atoms with van der Waals surface area (Å²) >= 11 is 0. The summed E-state index contributed by atoms with van der Waals surface area (Å²) in [4.78, 5) is 14.5. The lowest BCUT2D eigenvalue weighted by atomic mass is 10.0. The highest BCUT2D eigenvalue weighted by molar-refractivity contribution is 7.88. The largest absolute Gasteiger partial charge is 0.492 e. The molecule has 7 heteroatoms. The molecule has 0 saturated carbocycles. The molecule has 2 aliphatic rings. The molecule has 3 rings (SSSR count). The normalized spacial score (nSPS) is 19.2. The third kappa shape index (κ3) is 4.98. The van der Waals surface area contributed by atoms with E-state index in [-0.39, 0.29) is 5.91 Å². The van der Waals surface area contributed by atoms with Crippen molar-refractivity contribution in [1.29, 1.82) is 0 Å². The fourth-order valence-electron chi connectivity index (χ4n) is 3.59. The Morgan fingerprint density at radius 1 is 1.12 bits per heavy atom. The number of nitrogens with zero attached hydrogens (tertiary/aromatic N) is 2. The predicted molar refractivity (Wildman–Crippen MR) is 101 cm³/mol. The average Bonchev–Trinajstić information content (AvgIpc) is 2.99. The number of carbonyl (C=O) groups is 1. The van der Waals surface area contributed by atoms with Gasteiger partial charge in [0.2, 0.25) is 15.9 Å². The lowest BCUT2D eigenvalue weighted by Gasteiger charge is -2.20. The summed E-state index contributed by atoms with van der Waals surface area (Å²) in [5, 5.41) is 0. The van der Waals surface area contributed by atoms with Crippen molar-refractivity contribution < 1.29 is 17.9 Å². The molecule has 0 unspecified atom stereocenters. The third-order valence-corrected chi connectivity index (χ3v) is 6.37. The highest BCUT2D eigenvalue weighted by atomic mass is 32.2. The molecule has 1 aromatic rings. The first-order valence-corrected chi connectivity index (χ1v) is 11.3. The monoisotopic (exact) mass is 380 g/mol. The minimum atomic E-state index is -3.26. The van der Waals surface area contributed by atoms with Crippen molar-refractivity contribution in [3.05, 3.63) is 29.3 Å². The Balaban J connectivity index is 1.64. The topological polar surface area (TPSA) is 66.9 Å². The van der Waals surface area contributed by atoms with Crippen LogP contribution in [0.2, 0.25) is 0 Å². The van der Waals surface area contributed by atoms with Crippen LogP contribution in [0, 0.1) is 0 Å². The number of rotatable bonds is 4. The Morgan fingerprint density at radius 2 is 1.85 bits per heavy atom. The van der Waals surface area contributed by atoms with Gasteiger partial charge in [0.15, 0.2) is 0 Å². The highest BCUT2D eigenvalue weighted by Gasteiger charge is 2.22. The van der Waals surface area contributed by atoms with Crippen LogP contribution in [0.25, 0.3) is 0 Å². The van der Waals surface area contributed by atoms with Gasteiger partial charge in [0, 0.05) is 38.2 Å². The molecule has 2 aliphatic heterocycles. The van der Waals surface area contributed by atoms with Gasteiger partial charge in [-0.1, -0.05) is 25.0 Å². The molecule has 1 amide bonds. The van der Waals surface area contributed by atoms with Gasteiger partial charge >= 0.3 is 0 Å². The minimum absolute atomic E-state index is 0.218. The predicted octanol–water partition coefficient (Wildman–Crippen LogP) is 2.18. The van der Waals surface area contributed by atoms with Crippen molar-refractivity contribution in [3.63, 3.8) is 0 Å². The summed E-state index contributed by atoms with van der Waals surface area (Å²) in [7, 11) is -3.26. The van der Waals surface area contributed by atoms with E-state index in [1.54, 1.807) is 0 Å². The van der Waals surface area contributed by atoms with E-state index in [0.717, 1.165) is 42.8 Å². The molecule has 0 bridgehead atoms. The third-order valence-electron chi connectivity index (χ3n) is 5.13. The second kappa shape index (κ2) is 8.39. The lowest BCUT2D eigenvalue weighted by molar-refractivity contribution is -0.131. The molecule has 0 atom stereocenters. The zero-order valence-corrected chi connectivity index (χ0v) is 16.3. The maximum atomic E-state index is 12.5. The number of hydrogen-bond acceptors (Lipinski definition) is 4. The van der Waals surface area contributed by atoms with Gasteiger partial charge in [-0.15, -0.1) is 0 Å². The zero-order chi connectivity index (χ0) is 18.6. The number of likely N-dealkylation sites (tertiary alicyclic amines) is 1. The molecule has 26 heavy (non-hydrogen) atoms. The zero-order valence-electron chi connectivity index (χ0n) is 15.4. The first kappa shape index (κ1) is 19.2. The number of amides is 1. The van der Waals surface area contributed by atoms with Gasteiger partial charge < -0.3 is 9.64 Å². The fraction of sp³-hybridized carbons (Fsp3) is 0.632. The summed E-state index contributed by atoms with van der Waals surface area (Å²) in [6.07, 6.45) is 7.02.